The molecule has 0 aliphatic heterocycles. The van der Waals surface area contributed by atoms with Crippen molar-refractivity contribution in [2.24, 2.45) is 0 Å². The van der Waals surface area contributed by atoms with Crippen LogP contribution in [0.25, 0.3) is 0 Å². The summed E-state index contributed by atoms with van der Waals surface area (Å²) in [6, 6.07) is 6.61. The third kappa shape index (κ3) is 3.72. The van der Waals surface area contributed by atoms with Crippen molar-refractivity contribution in [2.75, 3.05) is 20.4 Å². The molecule has 1 aromatic carbocycles. The van der Waals surface area contributed by atoms with Crippen LogP contribution in [0.3, 0.4) is 0 Å². The number of hydrogen-bond donors (Lipinski definition) is 0. The summed E-state index contributed by atoms with van der Waals surface area (Å²) >= 11 is 5.83. The SMILES string of the molecule is COP(C)(=O)OCC(=O)c1ccccc1Cl. The van der Waals surface area contributed by atoms with Gasteiger partial charge in [0.15, 0.2) is 5.78 Å². The van der Waals surface area contributed by atoms with Crippen molar-refractivity contribution in [1.82, 2.24) is 0 Å². The first kappa shape index (κ1) is 13.4. The average Bonchev–Trinajstić information content (AvgIpc) is 2.27. The molecule has 0 fully saturated rings. The number of ketones is 1. The number of rotatable bonds is 5. The molecule has 0 bridgehead atoms. The molecule has 1 unspecified atom stereocenters. The topological polar surface area (TPSA) is 52.6 Å². The second-order valence-electron chi connectivity index (χ2n) is 3.13. The normalized spacial score (nSPS) is 14.4. The molecule has 0 aliphatic rings. The monoisotopic (exact) mass is 262 g/mol. The highest BCUT2D eigenvalue weighted by Crippen LogP contribution is 2.42. The summed E-state index contributed by atoms with van der Waals surface area (Å²) in [4.78, 5) is 11.6. The van der Waals surface area contributed by atoms with E-state index in [4.69, 9.17) is 16.1 Å². The molecular formula is C10H12ClO4P. The standard InChI is InChI=1S/C10H12ClO4P/c1-14-16(2,13)15-7-10(12)8-5-3-4-6-9(8)11/h3-6H,7H2,1-2H3. The van der Waals surface area contributed by atoms with E-state index in [1.54, 1.807) is 24.3 Å². The molecule has 0 amide bonds. The van der Waals surface area contributed by atoms with Crippen LogP contribution in [0.1, 0.15) is 10.4 Å². The van der Waals surface area contributed by atoms with Crippen LogP contribution in [0.5, 0.6) is 0 Å². The zero-order valence-corrected chi connectivity index (χ0v) is 10.6. The Morgan fingerprint density at radius 2 is 2.06 bits per heavy atom. The third-order valence-corrected chi connectivity index (χ3v) is 3.53. The number of carbonyl (C=O) groups excluding carboxylic acids is 1. The lowest BCUT2D eigenvalue weighted by Crippen LogP contribution is -2.08. The van der Waals surface area contributed by atoms with E-state index in [1.807, 2.05) is 0 Å². The van der Waals surface area contributed by atoms with Crippen molar-refractivity contribution in [1.29, 1.82) is 0 Å². The van der Waals surface area contributed by atoms with Crippen molar-refractivity contribution < 1.29 is 18.4 Å². The first-order valence-corrected chi connectivity index (χ1v) is 6.88. The van der Waals surface area contributed by atoms with Gasteiger partial charge in [0.05, 0.1) is 5.02 Å². The largest absolute Gasteiger partial charge is 0.327 e. The van der Waals surface area contributed by atoms with Crippen LogP contribution in [-0.2, 0) is 13.6 Å². The summed E-state index contributed by atoms with van der Waals surface area (Å²) in [5.74, 6) is -0.329. The van der Waals surface area contributed by atoms with E-state index in [0.29, 0.717) is 10.6 Å². The maximum atomic E-state index is 11.6. The highest BCUT2D eigenvalue weighted by molar-refractivity contribution is 7.52. The van der Waals surface area contributed by atoms with Crippen LogP contribution < -0.4 is 0 Å². The van der Waals surface area contributed by atoms with Crippen LogP contribution in [-0.4, -0.2) is 26.2 Å². The van der Waals surface area contributed by atoms with Gasteiger partial charge in [-0.3, -0.25) is 9.36 Å². The average molecular weight is 263 g/mol. The fraction of sp³-hybridized carbons (Fsp3) is 0.300. The van der Waals surface area contributed by atoms with E-state index in [1.165, 1.54) is 13.8 Å². The Morgan fingerprint density at radius 3 is 2.62 bits per heavy atom. The summed E-state index contributed by atoms with van der Waals surface area (Å²) < 4.78 is 20.9. The Labute approximate surface area is 99.0 Å². The lowest BCUT2D eigenvalue weighted by atomic mass is 10.1. The molecule has 0 radical (unpaired) electrons. The summed E-state index contributed by atoms with van der Waals surface area (Å²) in [7, 11) is -1.86. The Hall–Kier alpha value is -0.670. The zero-order chi connectivity index (χ0) is 12.2. The molecule has 6 heteroatoms. The molecule has 0 saturated heterocycles. The van der Waals surface area contributed by atoms with Crippen LogP contribution in [0, 0.1) is 0 Å². The maximum absolute atomic E-state index is 11.6. The van der Waals surface area contributed by atoms with Gasteiger partial charge in [-0.2, -0.15) is 0 Å². The summed E-state index contributed by atoms with van der Waals surface area (Å²) in [5.41, 5.74) is 0.347. The van der Waals surface area contributed by atoms with Gasteiger partial charge < -0.3 is 9.05 Å². The minimum atomic E-state index is -3.13. The van der Waals surface area contributed by atoms with Crippen molar-refractivity contribution in [3.05, 3.63) is 34.9 Å². The zero-order valence-electron chi connectivity index (χ0n) is 8.97. The fourth-order valence-corrected chi connectivity index (χ4v) is 1.69. The third-order valence-electron chi connectivity index (χ3n) is 1.94. The molecule has 1 aromatic rings. The second-order valence-corrected chi connectivity index (χ2v) is 5.70. The van der Waals surface area contributed by atoms with Crippen molar-refractivity contribution in [3.63, 3.8) is 0 Å². The summed E-state index contributed by atoms with van der Waals surface area (Å²) in [5, 5.41) is 0.347. The Morgan fingerprint density at radius 1 is 1.44 bits per heavy atom. The van der Waals surface area contributed by atoms with E-state index in [2.05, 4.69) is 4.52 Å². The molecule has 0 spiro atoms. The molecule has 0 aliphatic carbocycles. The predicted octanol–water partition coefficient (Wildman–Crippen LogP) is 3.01. The van der Waals surface area contributed by atoms with Crippen LogP contribution in [0.15, 0.2) is 24.3 Å². The Bertz CT molecular complexity index is 433. The Balaban J connectivity index is 2.68. The van der Waals surface area contributed by atoms with E-state index in [9.17, 15) is 9.36 Å². The van der Waals surface area contributed by atoms with Crippen molar-refractivity contribution >= 4 is 25.0 Å². The smallest absolute Gasteiger partial charge is 0.312 e. The van der Waals surface area contributed by atoms with Gasteiger partial charge in [-0.15, -0.1) is 0 Å². The molecule has 4 nitrogen and oxygen atoms in total. The van der Waals surface area contributed by atoms with Crippen LogP contribution in [0.2, 0.25) is 5.02 Å². The van der Waals surface area contributed by atoms with Gasteiger partial charge in [0.1, 0.15) is 6.61 Å². The molecule has 0 N–H and O–H groups in total. The Kier molecular flexibility index (Phi) is 4.69. The van der Waals surface area contributed by atoms with E-state index < -0.39 is 7.60 Å². The number of Topliss-reactive ketones (excluding diaryl/α,β-unsaturated/α-hetero) is 1. The number of benzene rings is 1. The van der Waals surface area contributed by atoms with Gasteiger partial charge >= 0.3 is 7.60 Å². The minimum absolute atomic E-state index is 0.314. The highest BCUT2D eigenvalue weighted by Gasteiger charge is 2.18. The molecule has 1 rings (SSSR count). The lowest BCUT2D eigenvalue weighted by Gasteiger charge is -2.10. The first-order valence-electron chi connectivity index (χ1n) is 4.52. The van der Waals surface area contributed by atoms with E-state index in [0.717, 1.165) is 0 Å². The van der Waals surface area contributed by atoms with Crippen LogP contribution >= 0.6 is 19.2 Å². The fourth-order valence-electron chi connectivity index (χ4n) is 0.994. The molecule has 16 heavy (non-hydrogen) atoms. The lowest BCUT2D eigenvalue weighted by molar-refractivity contribution is 0.0907. The molecule has 0 heterocycles. The van der Waals surface area contributed by atoms with Crippen molar-refractivity contribution in [2.45, 2.75) is 0 Å². The van der Waals surface area contributed by atoms with Gasteiger partial charge in [0.2, 0.25) is 0 Å². The van der Waals surface area contributed by atoms with Crippen molar-refractivity contribution in [3.8, 4) is 0 Å². The predicted molar refractivity (Wildman–Crippen MR) is 62.3 cm³/mol. The number of halogens is 1. The molecular weight excluding hydrogens is 251 g/mol. The van der Waals surface area contributed by atoms with Crippen LogP contribution in [0.4, 0.5) is 0 Å². The molecule has 0 saturated carbocycles. The second kappa shape index (κ2) is 5.60. The quantitative estimate of drug-likeness (QED) is 0.605. The highest BCUT2D eigenvalue weighted by atomic mass is 35.5. The van der Waals surface area contributed by atoms with Gasteiger partial charge in [0.25, 0.3) is 0 Å². The van der Waals surface area contributed by atoms with E-state index >= 15 is 0 Å². The van der Waals surface area contributed by atoms with Gasteiger partial charge in [-0.1, -0.05) is 23.7 Å². The number of hydrogen-bond acceptors (Lipinski definition) is 4. The van der Waals surface area contributed by atoms with Gasteiger partial charge in [-0.05, 0) is 12.1 Å². The first-order chi connectivity index (χ1) is 7.46. The van der Waals surface area contributed by atoms with Gasteiger partial charge in [-0.25, -0.2) is 0 Å². The minimum Gasteiger partial charge on any atom is -0.312 e. The molecule has 0 aromatic heterocycles. The number of carbonyl (C=O) groups is 1. The van der Waals surface area contributed by atoms with Gasteiger partial charge in [0, 0.05) is 19.3 Å². The summed E-state index contributed by atoms with van der Waals surface area (Å²) in [6.45, 7) is 0.984. The summed E-state index contributed by atoms with van der Waals surface area (Å²) in [6.07, 6.45) is 0. The molecule has 88 valence electrons. The van der Waals surface area contributed by atoms with E-state index in [-0.39, 0.29) is 12.4 Å². The molecule has 1 atom stereocenters. The maximum Gasteiger partial charge on any atom is 0.327 e.